The van der Waals surface area contributed by atoms with Crippen LogP contribution in [0.3, 0.4) is 0 Å². The Hall–Kier alpha value is -4.13. The second-order valence-electron chi connectivity index (χ2n) is 7.21. The predicted octanol–water partition coefficient (Wildman–Crippen LogP) is 3.95. The van der Waals surface area contributed by atoms with Crippen molar-refractivity contribution in [2.45, 2.75) is 0 Å². The van der Waals surface area contributed by atoms with Crippen molar-refractivity contribution in [3.8, 4) is 17.1 Å². The summed E-state index contributed by atoms with van der Waals surface area (Å²) in [5.74, 6) is 0.623. The zero-order chi connectivity index (χ0) is 21.8. The molecule has 0 spiro atoms. The van der Waals surface area contributed by atoms with Gasteiger partial charge in [-0.1, -0.05) is 24.3 Å². The fraction of sp³-hybridized carbons (Fsp3) is 0.125. The molecule has 4 rings (SSSR count). The Morgan fingerprint density at radius 2 is 1.68 bits per heavy atom. The first-order valence-electron chi connectivity index (χ1n) is 9.80. The van der Waals surface area contributed by atoms with Crippen LogP contribution in [0.5, 0.6) is 5.75 Å². The van der Waals surface area contributed by atoms with Crippen LogP contribution < -0.4 is 10.1 Å². The summed E-state index contributed by atoms with van der Waals surface area (Å²) in [5, 5.41) is 2.87. The van der Waals surface area contributed by atoms with Crippen LogP contribution in [0, 0.1) is 0 Å². The highest BCUT2D eigenvalue weighted by Gasteiger charge is 2.14. The van der Waals surface area contributed by atoms with Crippen molar-refractivity contribution in [1.29, 1.82) is 0 Å². The van der Waals surface area contributed by atoms with E-state index in [4.69, 9.17) is 4.74 Å². The number of rotatable bonds is 6. The molecule has 3 aromatic carbocycles. The number of aromatic nitrogens is 2. The minimum atomic E-state index is -0.315. The Morgan fingerprint density at radius 1 is 0.968 bits per heavy atom. The molecular weight excluding hydrogens is 392 g/mol. The Morgan fingerprint density at radius 3 is 2.42 bits per heavy atom. The number of anilines is 1. The van der Waals surface area contributed by atoms with Gasteiger partial charge in [-0.2, -0.15) is 0 Å². The largest absolute Gasteiger partial charge is 0.483 e. The van der Waals surface area contributed by atoms with Gasteiger partial charge >= 0.3 is 0 Å². The third-order valence-corrected chi connectivity index (χ3v) is 4.79. The van der Waals surface area contributed by atoms with E-state index in [0.29, 0.717) is 17.0 Å². The second-order valence-corrected chi connectivity index (χ2v) is 7.21. The van der Waals surface area contributed by atoms with Crippen molar-refractivity contribution < 1.29 is 14.3 Å². The van der Waals surface area contributed by atoms with Gasteiger partial charge in [0.05, 0.1) is 16.6 Å². The first kappa shape index (κ1) is 20.2. The van der Waals surface area contributed by atoms with Crippen molar-refractivity contribution in [3.05, 3.63) is 78.4 Å². The number of para-hydroxylation sites is 3. The van der Waals surface area contributed by atoms with Gasteiger partial charge in [-0.25, -0.2) is 4.98 Å². The molecule has 0 aliphatic heterocycles. The number of benzene rings is 3. The summed E-state index contributed by atoms with van der Waals surface area (Å²) in [7, 11) is 3.30. The van der Waals surface area contributed by atoms with E-state index in [1.807, 2.05) is 48.5 Å². The van der Waals surface area contributed by atoms with Gasteiger partial charge in [0.1, 0.15) is 11.6 Å². The number of carbonyl (C=O) groups is 2. The molecule has 0 atom stereocenters. The van der Waals surface area contributed by atoms with Gasteiger partial charge in [0.2, 0.25) is 0 Å². The number of amides is 2. The van der Waals surface area contributed by atoms with Gasteiger partial charge in [0.25, 0.3) is 11.8 Å². The van der Waals surface area contributed by atoms with Crippen LogP contribution in [0.1, 0.15) is 10.4 Å². The van der Waals surface area contributed by atoms with Crippen LogP contribution in [0.15, 0.2) is 72.8 Å². The van der Waals surface area contributed by atoms with Crippen LogP contribution in [-0.4, -0.2) is 47.4 Å². The molecule has 2 amide bonds. The maximum atomic E-state index is 12.8. The van der Waals surface area contributed by atoms with Crippen molar-refractivity contribution in [2.24, 2.45) is 0 Å². The van der Waals surface area contributed by atoms with Crippen LogP contribution in [-0.2, 0) is 4.79 Å². The number of nitrogens with one attached hydrogen (secondary N) is 2. The molecule has 0 radical (unpaired) electrons. The molecule has 7 nitrogen and oxygen atoms in total. The smallest absolute Gasteiger partial charge is 0.259 e. The Labute approximate surface area is 179 Å². The molecule has 0 bridgehead atoms. The van der Waals surface area contributed by atoms with Gasteiger partial charge in [-0.05, 0) is 48.5 Å². The molecule has 2 N–H and O–H groups in total. The standard InChI is InChI=1S/C24H22N4O3/c1-28(2)22(29)15-31-21-10-6-3-7-18(21)24(30)25-17-13-11-16(12-14-17)23-26-19-8-4-5-9-20(19)27-23/h3-14H,15H2,1-2H3,(H,25,30)(H,26,27). The van der Waals surface area contributed by atoms with Crippen LogP contribution in [0.4, 0.5) is 5.69 Å². The van der Waals surface area contributed by atoms with E-state index in [1.165, 1.54) is 4.90 Å². The molecule has 1 aromatic heterocycles. The number of nitrogens with zero attached hydrogens (tertiary/aromatic N) is 2. The van der Waals surface area contributed by atoms with E-state index < -0.39 is 0 Å². The molecule has 4 aromatic rings. The van der Waals surface area contributed by atoms with E-state index in [1.54, 1.807) is 38.4 Å². The Bertz CT molecular complexity index is 1200. The van der Waals surface area contributed by atoms with Crippen molar-refractivity contribution in [1.82, 2.24) is 14.9 Å². The van der Waals surface area contributed by atoms with Crippen LogP contribution in [0.2, 0.25) is 0 Å². The minimum Gasteiger partial charge on any atom is -0.483 e. The normalized spacial score (nSPS) is 10.6. The fourth-order valence-corrected chi connectivity index (χ4v) is 3.05. The van der Waals surface area contributed by atoms with Crippen molar-refractivity contribution in [2.75, 3.05) is 26.0 Å². The zero-order valence-electron chi connectivity index (χ0n) is 17.3. The third-order valence-electron chi connectivity index (χ3n) is 4.79. The van der Waals surface area contributed by atoms with E-state index >= 15 is 0 Å². The van der Waals surface area contributed by atoms with E-state index in [9.17, 15) is 9.59 Å². The number of likely N-dealkylation sites (N-methyl/N-ethyl adjacent to an activating group) is 1. The lowest BCUT2D eigenvalue weighted by Crippen LogP contribution is -2.28. The number of carbonyl (C=O) groups excluding carboxylic acids is 2. The first-order valence-corrected chi connectivity index (χ1v) is 9.80. The summed E-state index contributed by atoms with van der Waals surface area (Å²) < 4.78 is 5.56. The molecule has 1 heterocycles. The SMILES string of the molecule is CN(C)C(=O)COc1ccccc1C(=O)Nc1ccc(-c2nc3ccccc3[nH]2)cc1. The number of ether oxygens (including phenoxy) is 1. The molecule has 0 fully saturated rings. The summed E-state index contributed by atoms with van der Waals surface area (Å²) >= 11 is 0. The molecule has 0 saturated carbocycles. The number of hydrogen-bond donors (Lipinski definition) is 2. The highest BCUT2D eigenvalue weighted by molar-refractivity contribution is 6.06. The lowest BCUT2D eigenvalue weighted by atomic mass is 10.1. The third kappa shape index (κ3) is 4.56. The first-order chi connectivity index (χ1) is 15.0. The highest BCUT2D eigenvalue weighted by Crippen LogP contribution is 2.23. The lowest BCUT2D eigenvalue weighted by molar-refractivity contribution is -0.130. The van der Waals surface area contributed by atoms with Gasteiger partial charge in [0, 0.05) is 25.3 Å². The summed E-state index contributed by atoms with van der Waals surface area (Å²) in [6.45, 7) is -0.135. The number of aromatic amines is 1. The Balaban J connectivity index is 1.47. The minimum absolute atomic E-state index is 0.135. The highest BCUT2D eigenvalue weighted by atomic mass is 16.5. The fourth-order valence-electron chi connectivity index (χ4n) is 3.05. The topological polar surface area (TPSA) is 87.3 Å². The molecule has 0 aliphatic rings. The van der Waals surface area contributed by atoms with Gasteiger partial charge in [0.15, 0.2) is 6.61 Å². The molecular formula is C24H22N4O3. The monoisotopic (exact) mass is 414 g/mol. The van der Waals surface area contributed by atoms with E-state index in [-0.39, 0.29) is 18.4 Å². The average Bonchev–Trinajstić information content (AvgIpc) is 3.22. The molecule has 31 heavy (non-hydrogen) atoms. The van der Waals surface area contributed by atoms with E-state index in [2.05, 4.69) is 15.3 Å². The molecule has 0 unspecified atom stereocenters. The summed E-state index contributed by atoms with van der Waals surface area (Å²) in [4.78, 5) is 33.9. The molecule has 0 saturated heterocycles. The zero-order valence-corrected chi connectivity index (χ0v) is 17.3. The predicted molar refractivity (Wildman–Crippen MR) is 120 cm³/mol. The quantitative estimate of drug-likeness (QED) is 0.500. The van der Waals surface area contributed by atoms with Gasteiger partial charge in [-0.3, -0.25) is 9.59 Å². The maximum absolute atomic E-state index is 12.8. The summed E-state index contributed by atoms with van der Waals surface area (Å²) in [6, 6.07) is 22.1. The summed E-state index contributed by atoms with van der Waals surface area (Å²) in [6.07, 6.45) is 0. The number of hydrogen-bond acceptors (Lipinski definition) is 4. The second kappa shape index (κ2) is 8.71. The molecule has 7 heteroatoms. The number of imidazole rings is 1. The van der Waals surface area contributed by atoms with E-state index in [0.717, 1.165) is 22.4 Å². The van der Waals surface area contributed by atoms with Crippen molar-refractivity contribution in [3.63, 3.8) is 0 Å². The lowest BCUT2D eigenvalue weighted by Gasteiger charge is -2.14. The van der Waals surface area contributed by atoms with Gasteiger partial charge < -0.3 is 19.9 Å². The van der Waals surface area contributed by atoms with Gasteiger partial charge in [-0.15, -0.1) is 0 Å². The van der Waals surface area contributed by atoms with Crippen LogP contribution in [0.25, 0.3) is 22.4 Å². The van der Waals surface area contributed by atoms with Crippen molar-refractivity contribution >= 4 is 28.5 Å². The molecule has 0 aliphatic carbocycles. The van der Waals surface area contributed by atoms with Crippen LogP contribution >= 0.6 is 0 Å². The molecule has 156 valence electrons. The number of fused-ring (bicyclic) bond motifs is 1. The Kier molecular flexibility index (Phi) is 5.66. The average molecular weight is 414 g/mol. The maximum Gasteiger partial charge on any atom is 0.259 e. The summed E-state index contributed by atoms with van der Waals surface area (Å²) in [5.41, 5.74) is 3.79. The number of H-pyrrole nitrogens is 1.